The minimum absolute atomic E-state index is 0.200. The average molecular weight is 220 g/mol. The fourth-order valence-corrected chi connectivity index (χ4v) is 1.40. The van der Waals surface area contributed by atoms with E-state index in [4.69, 9.17) is 4.74 Å². The fraction of sp³-hybridized carbons (Fsp3) is 0.455. The maximum Gasteiger partial charge on any atom is 0.215 e. The van der Waals surface area contributed by atoms with Gasteiger partial charge in [-0.15, -0.1) is 0 Å². The number of rotatable bonds is 3. The molecule has 0 aliphatic carbocycles. The zero-order chi connectivity index (χ0) is 11.8. The van der Waals surface area contributed by atoms with E-state index in [1.165, 1.54) is 0 Å². The lowest BCUT2D eigenvalue weighted by Gasteiger charge is -2.20. The topological polar surface area (TPSA) is 62.8 Å². The van der Waals surface area contributed by atoms with Gasteiger partial charge < -0.3 is 15.0 Å². The van der Waals surface area contributed by atoms with Gasteiger partial charge in [-0.05, 0) is 27.0 Å². The number of pyridine rings is 1. The highest BCUT2D eigenvalue weighted by Crippen LogP contribution is 2.20. The number of aromatic nitrogens is 3. The Labute approximate surface area is 94.2 Å². The van der Waals surface area contributed by atoms with E-state index in [1.807, 2.05) is 19.2 Å². The molecule has 0 radical (unpaired) electrons. The Morgan fingerprint density at radius 3 is 2.69 bits per heavy atom. The first-order chi connectivity index (χ1) is 7.56. The second-order valence-corrected chi connectivity index (χ2v) is 4.19. The molecule has 0 bridgehead atoms. The molecular weight excluding hydrogens is 204 g/mol. The summed E-state index contributed by atoms with van der Waals surface area (Å²) in [5.74, 6) is 1.44. The van der Waals surface area contributed by atoms with Gasteiger partial charge in [0.05, 0.1) is 18.2 Å². The first-order valence-electron chi connectivity index (χ1n) is 5.17. The molecule has 2 N–H and O–H groups in total. The van der Waals surface area contributed by atoms with E-state index in [0.717, 1.165) is 11.3 Å². The minimum Gasteiger partial charge on any atom is -0.481 e. The molecule has 0 saturated heterocycles. The highest BCUT2D eigenvalue weighted by Gasteiger charge is 2.22. The summed E-state index contributed by atoms with van der Waals surface area (Å²) < 4.78 is 5.06. The molecule has 0 atom stereocenters. The summed E-state index contributed by atoms with van der Waals surface area (Å²) in [6.07, 6.45) is 0. The smallest absolute Gasteiger partial charge is 0.215 e. The standard InChI is InChI=1S/C11H16N4O/c1-11(2,12-3)10-13-7-5-6-8(16-4)14-9(7)15-10/h5-6,12H,1-4H3,(H,13,14,15). The summed E-state index contributed by atoms with van der Waals surface area (Å²) in [6, 6.07) is 3.74. The molecule has 0 spiro atoms. The number of aromatic amines is 1. The van der Waals surface area contributed by atoms with Crippen molar-refractivity contribution in [2.75, 3.05) is 14.2 Å². The van der Waals surface area contributed by atoms with E-state index in [9.17, 15) is 0 Å². The molecule has 16 heavy (non-hydrogen) atoms. The van der Waals surface area contributed by atoms with Crippen molar-refractivity contribution in [1.82, 2.24) is 20.3 Å². The molecule has 2 rings (SSSR count). The Hall–Kier alpha value is -1.62. The van der Waals surface area contributed by atoms with Gasteiger partial charge in [-0.2, -0.15) is 4.98 Å². The maximum atomic E-state index is 5.06. The van der Waals surface area contributed by atoms with Crippen LogP contribution in [0.2, 0.25) is 0 Å². The van der Waals surface area contributed by atoms with Crippen LogP contribution in [0.4, 0.5) is 0 Å². The van der Waals surface area contributed by atoms with Gasteiger partial charge in [-0.25, -0.2) is 4.98 Å². The van der Waals surface area contributed by atoms with Gasteiger partial charge in [0.2, 0.25) is 5.88 Å². The van der Waals surface area contributed by atoms with Gasteiger partial charge in [0.15, 0.2) is 5.65 Å². The average Bonchev–Trinajstić information content (AvgIpc) is 2.72. The van der Waals surface area contributed by atoms with Crippen molar-refractivity contribution in [3.63, 3.8) is 0 Å². The summed E-state index contributed by atoms with van der Waals surface area (Å²) in [5, 5.41) is 3.19. The molecule has 0 fully saturated rings. The van der Waals surface area contributed by atoms with E-state index >= 15 is 0 Å². The lowest BCUT2D eigenvalue weighted by Crippen LogP contribution is -2.34. The van der Waals surface area contributed by atoms with Crippen LogP contribution in [0.1, 0.15) is 19.7 Å². The molecule has 0 amide bonds. The predicted octanol–water partition coefficient (Wildman–Crippen LogP) is 1.42. The van der Waals surface area contributed by atoms with Crippen LogP contribution in [0, 0.1) is 0 Å². The highest BCUT2D eigenvalue weighted by atomic mass is 16.5. The zero-order valence-electron chi connectivity index (χ0n) is 9.96. The molecule has 0 aromatic carbocycles. The van der Waals surface area contributed by atoms with E-state index in [0.29, 0.717) is 11.5 Å². The Balaban J connectivity index is 2.52. The van der Waals surface area contributed by atoms with Gasteiger partial charge >= 0.3 is 0 Å². The first-order valence-corrected chi connectivity index (χ1v) is 5.17. The van der Waals surface area contributed by atoms with Crippen LogP contribution >= 0.6 is 0 Å². The normalized spacial score (nSPS) is 12.0. The molecule has 5 heteroatoms. The van der Waals surface area contributed by atoms with Crippen LogP contribution in [0.25, 0.3) is 11.2 Å². The molecule has 5 nitrogen and oxygen atoms in total. The third-order valence-electron chi connectivity index (χ3n) is 2.75. The van der Waals surface area contributed by atoms with Crippen molar-refractivity contribution in [2.24, 2.45) is 0 Å². The molecule has 0 aliphatic heterocycles. The van der Waals surface area contributed by atoms with Crippen LogP contribution in [-0.4, -0.2) is 29.1 Å². The van der Waals surface area contributed by atoms with E-state index < -0.39 is 0 Å². The molecule has 0 unspecified atom stereocenters. The molecule has 0 aliphatic rings. The quantitative estimate of drug-likeness (QED) is 0.821. The summed E-state index contributed by atoms with van der Waals surface area (Å²) in [4.78, 5) is 12.0. The van der Waals surface area contributed by atoms with Crippen LogP contribution in [-0.2, 0) is 5.54 Å². The number of nitrogens with zero attached hydrogens (tertiary/aromatic N) is 2. The molecule has 86 valence electrons. The van der Waals surface area contributed by atoms with Crippen molar-refractivity contribution in [3.8, 4) is 5.88 Å². The molecule has 2 aromatic rings. The third-order valence-corrected chi connectivity index (χ3v) is 2.75. The van der Waals surface area contributed by atoms with Crippen molar-refractivity contribution in [1.29, 1.82) is 0 Å². The Morgan fingerprint density at radius 2 is 2.06 bits per heavy atom. The van der Waals surface area contributed by atoms with E-state index in [2.05, 4.69) is 34.1 Å². The number of fused-ring (bicyclic) bond motifs is 1. The van der Waals surface area contributed by atoms with Crippen molar-refractivity contribution >= 4 is 11.2 Å². The fourth-order valence-electron chi connectivity index (χ4n) is 1.40. The Kier molecular flexibility index (Phi) is 2.55. The van der Waals surface area contributed by atoms with Gasteiger partial charge in [0, 0.05) is 6.07 Å². The monoisotopic (exact) mass is 220 g/mol. The van der Waals surface area contributed by atoms with Crippen molar-refractivity contribution in [3.05, 3.63) is 18.0 Å². The molecule has 2 heterocycles. The summed E-state index contributed by atoms with van der Waals surface area (Å²) in [5.41, 5.74) is 1.39. The summed E-state index contributed by atoms with van der Waals surface area (Å²) in [7, 11) is 3.50. The van der Waals surface area contributed by atoms with Crippen LogP contribution in [0.5, 0.6) is 5.88 Å². The maximum absolute atomic E-state index is 5.06. The number of hydrogen-bond donors (Lipinski definition) is 2. The zero-order valence-corrected chi connectivity index (χ0v) is 9.96. The Bertz CT molecular complexity index is 504. The first kappa shape index (κ1) is 10.9. The molecule has 2 aromatic heterocycles. The number of H-pyrrole nitrogens is 1. The predicted molar refractivity (Wildman–Crippen MR) is 62.5 cm³/mol. The third kappa shape index (κ3) is 1.74. The Morgan fingerprint density at radius 1 is 1.31 bits per heavy atom. The lowest BCUT2D eigenvalue weighted by atomic mass is 10.1. The number of imidazole rings is 1. The van der Waals surface area contributed by atoms with Gasteiger partial charge in [0.25, 0.3) is 0 Å². The summed E-state index contributed by atoms with van der Waals surface area (Å²) >= 11 is 0. The van der Waals surface area contributed by atoms with E-state index in [1.54, 1.807) is 7.11 Å². The minimum atomic E-state index is -0.200. The van der Waals surface area contributed by atoms with Gasteiger partial charge in [0.1, 0.15) is 5.82 Å². The number of hydrogen-bond acceptors (Lipinski definition) is 4. The van der Waals surface area contributed by atoms with Crippen LogP contribution < -0.4 is 10.1 Å². The highest BCUT2D eigenvalue weighted by molar-refractivity contribution is 5.71. The second-order valence-electron chi connectivity index (χ2n) is 4.19. The largest absolute Gasteiger partial charge is 0.481 e. The van der Waals surface area contributed by atoms with Gasteiger partial charge in [-0.3, -0.25) is 0 Å². The van der Waals surface area contributed by atoms with Crippen LogP contribution in [0.15, 0.2) is 12.1 Å². The number of ether oxygens (including phenoxy) is 1. The van der Waals surface area contributed by atoms with Crippen molar-refractivity contribution in [2.45, 2.75) is 19.4 Å². The lowest BCUT2D eigenvalue weighted by molar-refractivity contribution is 0.399. The van der Waals surface area contributed by atoms with Gasteiger partial charge in [-0.1, -0.05) is 0 Å². The molecule has 0 saturated carbocycles. The van der Waals surface area contributed by atoms with Crippen molar-refractivity contribution < 1.29 is 4.74 Å². The number of methoxy groups -OCH3 is 1. The van der Waals surface area contributed by atoms with Crippen LogP contribution in [0.3, 0.4) is 0 Å². The number of nitrogens with one attached hydrogen (secondary N) is 2. The SMILES string of the molecule is CNC(C)(C)c1nc2nc(OC)ccc2[nH]1. The van der Waals surface area contributed by atoms with E-state index in [-0.39, 0.29) is 5.54 Å². The summed E-state index contributed by atoms with van der Waals surface area (Å²) in [6.45, 7) is 4.11. The second kappa shape index (κ2) is 3.75. The molecular formula is C11H16N4O.